The molecule has 1 saturated heterocycles. The quantitative estimate of drug-likeness (QED) is 0.0971. The molecule has 1 saturated carbocycles. The standard InChI is InChI=1S/C19H28N4O4.HI/c1-20-19(21-8-4-3-5-14(24)27-2)22-9-10-23-17(25)15-12-6-7-13(11-12)16(15)18(23)26;/h6-7,12-13,15-16H,3-5,8-11H2,1-2H3,(H2,20,21,22);1H. The first-order valence-electron chi connectivity index (χ1n) is 9.61. The lowest BCUT2D eigenvalue weighted by atomic mass is 9.85. The average Bonchev–Trinajstić information content (AvgIpc) is 3.35. The summed E-state index contributed by atoms with van der Waals surface area (Å²) in [6.07, 6.45) is 7.12. The van der Waals surface area contributed by atoms with Gasteiger partial charge < -0.3 is 15.4 Å². The van der Waals surface area contributed by atoms with Crippen molar-refractivity contribution in [3.63, 3.8) is 0 Å². The Balaban J connectivity index is 0.00000280. The van der Waals surface area contributed by atoms with Crippen molar-refractivity contribution in [2.45, 2.75) is 25.7 Å². The molecular weight excluding hydrogens is 475 g/mol. The van der Waals surface area contributed by atoms with Gasteiger partial charge in [0.15, 0.2) is 5.96 Å². The Morgan fingerprint density at radius 1 is 1.14 bits per heavy atom. The highest BCUT2D eigenvalue weighted by Gasteiger charge is 2.58. The van der Waals surface area contributed by atoms with Crippen molar-refractivity contribution >= 4 is 47.7 Å². The Morgan fingerprint density at radius 2 is 1.75 bits per heavy atom. The van der Waals surface area contributed by atoms with E-state index in [1.54, 1.807) is 7.05 Å². The third-order valence-electron chi connectivity index (χ3n) is 5.74. The highest BCUT2D eigenvalue weighted by atomic mass is 127. The first-order chi connectivity index (χ1) is 13.1. The minimum atomic E-state index is -0.203. The van der Waals surface area contributed by atoms with Gasteiger partial charge >= 0.3 is 5.97 Å². The summed E-state index contributed by atoms with van der Waals surface area (Å²) in [5.41, 5.74) is 0. The number of ether oxygens (including phenoxy) is 1. The van der Waals surface area contributed by atoms with Gasteiger partial charge in [0.25, 0.3) is 0 Å². The number of fused-ring (bicyclic) bond motifs is 5. The van der Waals surface area contributed by atoms with Crippen molar-refractivity contribution in [3.8, 4) is 0 Å². The average molecular weight is 504 g/mol. The molecule has 2 bridgehead atoms. The first kappa shape index (κ1) is 22.6. The Kier molecular flexibility index (Phi) is 8.26. The largest absolute Gasteiger partial charge is 0.469 e. The van der Waals surface area contributed by atoms with Gasteiger partial charge in [0, 0.05) is 33.1 Å². The second-order valence-electron chi connectivity index (χ2n) is 7.29. The number of carbonyl (C=O) groups is 3. The number of allylic oxidation sites excluding steroid dienone is 2. The number of nitrogens with zero attached hydrogens (tertiary/aromatic N) is 2. The molecule has 9 heteroatoms. The Bertz CT molecular complexity index is 636. The summed E-state index contributed by atoms with van der Waals surface area (Å²) in [5, 5.41) is 6.30. The third kappa shape index (κ3) is 4.66. The smallest absolute Gasteiger partial charge is 0.305 e. The number of imide groups is 1. The van der Waals surface area contributed by atoms with Gasteiger partial charge in [-0.25, -0.2) is 0 Å². The van der Waals surface area contributed by atoms with Crippen LogP contribution in [0.25, 0.3) is 0 Å². The van der Waals surface area contributed by atoms with Crippen molar-refractivity contribution in [2.24, 2.45) is 28.7 Å². The second kappa shape index (κ2) is 10.2. The van der Waals surface area contributed by atoms with Crippen LogP contribution in [0.2, 0.25) is 0 Å². The highest BCUT2D eigenvalue weighted by molar-refractivity contribution is 14.0. The number of hydrogen-bond acceptors (Lipinski definition) is 5. The highest BCUT2D eigenvalue weighted by Crippen LogP contribution is 2.52. The third-order valence-corrected chi connectivity index (χ3v) is 5.74. The number of methoxy groups -OCH3 is 1. The van der Waals surface area contributed by atoms with Crippen molar-refractivity contribution in [3.05, 3.63) is 12.2 Å². The molecule has 4 unspecified atom stereocenters. The van der Waals surface area contributed by atoms with Crippen molar-refractivity contribution < 1.29 is 19.1 Å². The molecule has 0 aromatic rings. The van der Waals surface area contributed by atoms with Crippen LogP contribution in [0.5, 0.6) is 0 Å². The molecule has 1 aliphatic heterocycles. The fourth-order valence-corrected chi connectivity index (χ4v) is 4.39. The van der Waals surface area contributed by atoms with Crippen molar-refractivity contribution in [1.29, 1.82) is 0 Å². The fraction of sp³-hybridized carbons (Fsp3) is 0.684. The molecule has 2 amide bonds. The summed E-state index contributed by atoms with van der Waals surface area (Å²) in [6, 6.07) is 0. The van der Waals surface area contributed by atoms with Crippen LogP contribution in [0.3, 0.4) is 0 Å². The number of likely N-dealkylation sites (tertiary alicyclic amines) is 1. The summed E-state index contributed by atoms with van der Waals surface area (Å²) < 4.78 is 4.60. The zero-order valence-corrected chi connectivity index (χ0v) is 18.7. The van der Waals surface area contributed by atoms with E-state index >= 15 is 0 Å². The maximum absolute atomic E-state index is 12.6. The first-order valence-corrected chi connectivity index (χ1v) is 9.61. The fourth-order valence-electron chi connectivity index (χ4n) is 4.39. The minimum absolute atomic E-state index is 0. The molecule has 2 N–H and O–H groups in total. The second-order valence-corrected chi connectivity index (χ2v) is 7.29. The SMILES string of the molecule is CN=C(NCCCCC(=O)OC)NCCN1C(=O)C2C3C=CC(C3)C2C1=O.I. The van der Waals surface area contributed by atoms with E-state index < -0.39 is 0 Å². The van der Waals surface area contributed by atoms with Gasteiger partial charge in [-0.2, -0.15) is 0 Å². The van der Waals surface area contributed by atoms with Crippen molar-refractivity contribution in [1.82, 2.24) is 15.5 Å². The van der Waals surface area contributed by atoms with Gasteiger partial charge in [-0.3, -0.25) is 24.3 Å². The summed E-state index contributed by atoms with van der Waals surface area (Å²) in [5.74, 6) is 0.589. The molecule has 28 heavy (non-hydrogen) atoms. The van der Waals surface area contributed by atoms with E-state index in [0.29, 0.717) is 32.0 Å². The minimum Gasteiger partial charge on any atom is -0.469 e. The van der Waals surface area contributed by atoms with E-state index in [2.05, 4.69) is 32.5 Å². The van der Waals surface area contributed by atoms with Gasteiger partial charge in [0.05, 0.1) is 18.9 Å². The summed E-state index contributed by atoms with van der Waals surface area (Å²) >= 11 is 0. The van der Waals surface area contributed by atoms with Gasteiger partial charge in [-0.15, -0.1) is 24.0 Å². The predicted molar refractivity (Wildman–Crippen MR) is 115 cm³/mol. The molecule has 0 aromatic heterocycles. The van der Waals surface area contributed by atoms with Crippen LogP contribution in [-0.2, 0) is 19.1 Å². The molecule has 156 valence electrons. The zero-order valence-electron chi connectivity index (χ0n) is 16.3. The van der Waals surface area contributed by atoms with Crippen LogP contribution >= 0.6 is 24.0 Å². The number of aliphatic imine (C=N–C) groups is 1. The monoisotopic (exact) mass is 504 g/mol. The molecule has 0 spiro atoms. The van der Waals surface area contributed by atoms with Crippen LogP contribution in [-0.4, -0.2) is 62.4 Å². The van der Waals surface area contributed by atoms with E-state index in [4.69, 9.17) is 0 Å². The number of nitrogens with one attached hydrogen (secondary N) is 2. The molecule has 0 radical (unpaired) electrons. The lowest BCUT2D eigenvalue weighted by molar-refractivity contribution is -0.141. The van der Waals surface area contributed by atoms with E-state index in [1.807, 2.05) is 0 Å². The number of unbranched alkanes of at least 4 members (excludes halogenated alkanes) is 1. The van der Waals surface area contributed by atoms with Crippen LogP contribution in [0.4, 0.5) is 0 Å². The summed E-state index contributed by atoms with van der Waals surface area (Å²) in [4.78, 5) is 41.8. The predicted octanol–water partition coefficient (Wildman–Crippen LogP) is 0.920. The molecule has 2 fully saturated rings. The molecule has 3 aliphatic rings. The number of esters is 1. The normalized spacial score (nSPS) is 27.6. The van der Waals surface area contributed by atoms with Gasteiger partial charge in [-0.1, -0.05) is 12.2 Å². The van der Waals surface area contributed by atoms with Gasteiger partial charge in [0.2, 0.25) is 11.8 Å². The summed E-state index contributed by atoms with van der Waals surface area (Å²) in [6.45, 7) is 1.49. The van der Waals surface area contributed by atoms with E-state index in [9.17, 15) is 14.4 Å². The Labute approximate surface area is 182 Å². The van der Waals surface area contributed by atoms with Crippen LogP contribution in [0.15, 0.2) is 17.1 Å². The van der Waals surface area contributed by atoms with E-state index in [-0.39, 0.29) is 65.4 Å². The molecule has 3 rings (SSSR count). The lowest BCUT2D eigenvalue weighted by Gasteiger charge is -2.18. The molecule has 8 nitrogen and oxygen atoms in total. The Hall–Kier alpha value is -1.65. The van der Waals surface area contributed by atoms with Crippen LogP contribution in [0, 0.1) is 23.7 Å². The van der Waals surface area contributed by atoms with E-state index in [0.717, 1.165) is 19.3 Å². The van der Waals surface area contributed by atoms with Crippen LogP contribution in [0.1, 0.15) is 25.7 Å². The molecule has 4 atom stereocenters. The number of carbonyl (C=O) groups excluding carboxylic acids is 3. The zero-order chi connectivity index (χ0) is 19.4. The summed E-state index contributed by atoms with van der Waals surface area (Å²) in [7, 11) is 3.06. The van der Waals surface area contributed by atoms with Crippen molar-refractivity contribution in [2.75, 3.05) is 33.8 Å². The molecule has 0 aromatic carbocycles. The number of halogens is 1. The maximum Gasteiger partial charge on any atom is 0.305 e. The van der Waals surface area contributed by atoms with Gasteiger partial charge in [-0.05, 0) is 31.1 Å². The van der Waals surface area contributed by atoms with Gasteiger partial charge in [0.1, 0.15) is 0 Å². The van der Waals surface area contributed by atoms with E-state index in [1.165, 1.54) is 12.0 Å². The number of guanidine groups is 1. The molecule has 1 heterocycles. The number of hydrogen-bond donors (Lipinski definition) is 2. The maximum atomic E-state index is 12.6. The molecular formula is C19H29IN4O4. The topological polar surface area (TPSA) is 100 Å². The number of amides is 2. The Morgan fingerprint density at radius 3 is 2.32 bits per heavy atom. The van der Waals surface area contributed by atoms with Crippen LogP contribution < -0.4 is 10.6 Å². The molecule has 2 aliphatic carbocycles. The number of rotatable bonds is 8. The lowest BCUT2D eigenvalue weighted by Crippen LogP contribution is -2.43.